The van der Waals surface area contributed by atoms with Crippen molar-refractivity contribution < 1.29 is 14.4 Å². The molecule has 1 aliphatic heterocycles. The van der Waals surface area contributed by atoms with Gasteiger partial charge in [0, 0.05) is 18.7 Å². The minimum atomic E-state index is -0.489. The van der Waals surface area contributed by atoms with Gasteiger partial charge < -0.3 is 14.8 Å². The summed E-state index contributed by atoms with van der Waals surface area (Å²) in [6.45, 7) is 1.37. The molecule has 1 aromatic rings. The van der Waals surface area contributed by atoms with Crippen LogP contribution in [0.4, 0.5) is 5.69 Å². The first-order valence-electron chi connectivity index (χ1n) is 5.36. The molecule has 0 saturated heterocycles. The topological polar surface area (TPSA) is 86.0 Å². The van der Waals surface area contributed by atoms with E-state index in [-0.39, 0.29) is 11.4 Å². The second-order valence-electron chi connectivity index (χ2n) is 3.64. The van der Waals surface area contributed by atoms with Gasteiger partial charge in [-0.3, -0.25) is 15.1 Å². The second kappa shape index (κ2) is 4.91. The van der Waals surface area contributed by atoms with E-state index < -0.39 is 4.92 Å². The van der Waals surface area contributed by atoms with Crippen LogP contribution in [0.3, 0.4) is 0 Å². The molecule has 7 nitrogen and oxygen atoms in total. The lowest BCUT2D eigenvalue weighted by Crippen LogP contribution is -2.20. The number of aliphatic imine (C=N–C) groups is 1. The third kappa shape index (κ3) is 2.06. The number of nitro groups is 1. The predicted molar refractivity (Wildman–Crippen MR) is 65.6 cm³/mol. The summed E-state index contributed by atoms with van der Waals surface area (Å²) in [6, 6.07) is 2.91. The molecule has 0 fully saturated rings. The summed E-state index contributed by atoms with van der Waals surface area (Å²) in [7, 11) is 2.88. The Morgan fingerprint density at radius 3 is 2.56 bits per heavy atom. The zero-order valence-corrected chi connectivity index (χ0v) is 10.1. The first kappa shape index (κ1) is 12.2. The summed E-state index contributed by atoms with van der Waals surface area (Å²) in [6.07, 6.45) is 0. The molecule has 1 N–H and O–H groups in total. The summed E-state index contributed by atoms with van der Waals surface area (Å²) >= 11 is 0. The molecule has 0 saturated carbocycles. The summed E-state index contributed by atoms with van der Waals surface area (Å²) < 4.78 is 10.2. The number of benzene rings is 1. The van der Waals surface area contributed by atoms with Crippen molar-refractivity contribution in [3.05, 3.63) is 27.8 Å². The van der Waals surface area contributed by atoms with E-state index in [1.165, 1.54) is 26.4 Å². The van der Waals surface area contributed by atoms with Crippen LogP contribution in [0.15, 0.2) is 17.1 Å². The molecular weight excluding hydrogens is 238 g/mol. The second-order valence-corrected chi connectivity index (χ2v) is 3.64. The number of amidine groups is 1. The number of nitrogens with zero attached hydrogens (tertiary/aromatic N) is 2. The first-order chi connectivity index (χ1) is 8.67. The van der Waals surface area contributed by atoms with Gasteiger partial charge in [-0.15, -0.1) is 0 Å². The monoisotopic (exact) mass is 251 g/mol. The van der Waals surface area contributed by atoms with Gasteiger partial charge in [0.25, 0.3) is 0 Å². The smallest absolute Gasteiger partial charge is 0.311 e. The maximum absolute atomic E-state index is 11.0. The van der Waals surface area contributed by atoms with Crippen molar-refractivity contribution in [3.63, 3.8) is 0 Å². The lowest BCUT2D eigenvalue weighted by Gasteiger charge is -2.11. The Bertz CT molecular complexity index is 513. The van der Waals surface area contributed by atoms with Crippen LogP contribution in [0.25, 0.3) is 0 Å². The van der Waals surface area contributed by atoms with Crippen LogP contribution in [-0.2, 0) is 0 Å². The highest BCUT2D eigenvalue weighted by Crippen LogP contribution is 2.34. The lowest BCUT2D eigenvalue weighted by atomic mass is 10.1. The van der Waals surface area contributed by atoms with E-state index >= 15 is 0 Å². The van der Waals surface area contributed by atoms with Crippen LogP contribution in [0, 0.1) is 10.1 Å². The molecule has 1 aliphatic rings. The number of methoxy groups -OCH3 is 2. The fourth-order valence-corrected chi connectivity index (χ4v) is 1.79. The Kier molecular flexibility index (Phi) is 3.31. The number of nitrogens with one attached hydrogen (secondary N) is 1. The number of hydrogen-bond donors (Lipinski definition) is 1. The molecule has 0 spiro atoms. The number of nitro benzene ring substituents is 1. The fourth-order valence-electron chi connectivity index (χ4n) is 1.79. The Hall–Kier alpha value is -2.31. The summed E-state index contributed by atoms with van der Waals surface area (Å²) in [5, 5.41) is 14.0. The molecule has 0 aliphatic carbocycles. The molecule has 0 radical (unpaired) electrons. The number of ether oxygens (including phenoxy) is 2. The van der Waals surface area contributed by atoms with Crippen LogP contribution in [0.5, 0.6) is 11.5 Å². The van der Waals surface area contributed by atoms with Crippen molar-refractivity contribution in [3.8, 4) is 11.5 Å². The van der Waals surface area contributed by atoms with Gasteiger partial charge in [-0.1, -0.05) is 0 Å². The third-order valence-electron chi connectivity index (χ3n) is 2.63. The van der Waals surface area contributed by atoms with E-state index in [2.05, 4.69) is 10.3 Å². The van der Waals surface area contributed by atoms with Crippen LogP contribution >= 0.6 is 0 Å². The van der Waals surface area contributed by atoms with Gasteiger partial charge >= 0.3 is 5.69 Å². The van der Waals surface area contributed by atoms with E-state index in [1.54, 1.807) is 0 Å². The van der Waals surface area contributed by atoms with E-state index in [9.17, 15) is 10.1 Å². The SMILES string of the molecule is COc1cc(OC)c([N+](=O)[O-])cc1C1=NCCN1. The van der Waals surface area contributed by atoms with Gasteiger partial charge in [0.15, 0.2) is 0 Å². The van der Waals surface area contributed by atoms with Crippen molar-refractivity contribution in [2.75, 3.05) is 27.3 Å². The van der Waals surface area contributed by atoms with E-state index in [0.29, 0.717) is 23.7 Å². The number of hydrogen-bond acceptors (Lipinski definition) is 6. The van der Waals surface area contributed by atoms with Gasteiger partial charge in [-0.25, -0.2) is 0 Å². The van der Waals surface area contributed by atoms with Crippen molar-refractivity contribution in [2.24, 2.45) is 4.99 Å². The maximum Gasteiger partial charge on any atom is 0.311 e. The lowest BCUT2D eigenvalue weighted by molar-refractivity contribution is -0.385. The average Bonchev–Trinajstić information content (AvgIpc) is 2.90. The summed E-state index contributed by atoms with van der Waals surface area (Å²) in [5.41, 5.74) is 0.465. The molecule has 0 bridgehead atoms. The Morgan fingerprint density at radius 2 is 2.06 bits per heavy atom. The molecule has 0 atom stereocenters. The maximum atomic E-state index is 11.0. The van der Waals surface area contributed by atoms with Crippen LogP contribution in [0.1, 0.15) is 5.56 Å². The molecule has 1 aromatic carbocycles. The molecule has 0 aromatic heterocycles. The van der Waals surface area contributed by atoms with Gasteiger partial charge in [-0.2, -0.15) is 0 Å². The van der Waals surface area contributed by atoms with E-state index in [4.69, 9.17) is 9.47 Å². The zero-order valence-electron chi connectivity index (χ0n) is 10.1. The number of rotatable bonds is 4. The molecule has 1 heterocycles. The Balaban J connectivity index is 2.56. The highest BCUT2D eigenvalue weighted by atomic mass is 16.6. The molecule has 2 rings (SSSR count). The van der Waals surface area contributed by atoms with Gasteiger partial charge in [0.05, 0.1) is 31.3 Å². The quantitative estimate of drug-likeness (QED) is 0.636. The third-order valence-corrected chi connectivity index (χ3v) is 2.63. The van der Waals surface area contributed by atoms with Crippen molar-refractivity contribution >= 4 is 11.5 Å². The molecule has 96 valence electrons. The predicted octanol–water partition coefficient (Wildman–Crippen LogP) is 0.962. The summed E-state index contributed by atoms with van der Waals surface area (Å²) in [4.78, 5) is 14.7. The molecule has 0 unspecified atom stereocenters. The first-order valence-corrected chi connectivity index (χ1v) is 5.36. The van der Waals surface area contributed by atoms with Crippen LogP contribution in [-0.4, -0.2) is 38.1 Å². The molecule has 0 amide bonds. The van der Waals surface area contributed by atoms with Gasteiger partial charge in [0.2, 0.25) is 5.75 Å². The van der Waals surface area contributed by atoms with E-state index in [0.717, 1.165) is 6.54 Å². The zero-order chi connectivity index (χ0) is 13.1. The van der Waals surface area contributed by atoms with Crippen molar-refractivity contribution in [2.45, 2.75) is 0 Å². The van der Waals surface area contributed by atoms with Gasteiger partial charge in [0.1, 0.15) is 11.6 Å². The Labute approximate surface area is 104 Å². The minimum absolute atomic E-state index is 0.107. The highest BCUT2D eigenvalue weighted by Gasteiger charge is 2.23. The minimum Gasteiger partial charge on any atom is -0.496 e. The highest BCUT2D eigenvalue weighted by molar-refractivity contribution is 6.03. The van der Waals surface area contributed by atoms with E-state index in [1.807, 2.05) is 0 Å². The molecule has 7 heteroatoms. The van der Waals surface area contributed by atoms with Crippen molar-refractivity contribution in [1.82, 2.24) is 5.32 Å². The molecule has 18 heavy (non-hydrogen) atoms. The standard InChI is InChI=1S/C11H13N3O4/c1-17-9-6-10(18-2)8(14(15)16)5-7(9)11-12-3-4-13-11/h5-6H,3-4H2,1-2H3,(H,12,13). The van der Waals surface area contributed by atoms with Gasteiger partial charge in [-0.05, 0) is 0 Å². The van der Waals surface area contributed by atoms with Crippen molar-refractivity contribution in [1.29, 1.82) is 0 Å². The van der Waals surface area contributed by atoms with Crippen LogP contribution < -0.4 is 14.8 Å². The average molecular weight is 251 g/mol. The normalized spacial score (nSPS) is 13.8. The largest absolute Gasteiger partial charge is 0.496 e. The summed E-state index contributed by atoms with van der Waals surface area (Å²) in [5.74, 6) is 1.27. The fraction of sp³-hybridized carbons (Fsp3) is 0.364. The van der Waals surface area contributed by atoms with Crippen LogP contribution in [0.2, 0.25) is 0 Å². The Morgan fingerprint density at radius 1 is 1.33 bits per heavy atom. The molecular formula is C11H13N3O4.